The van der Waals surface area contributed by atoms with Gasteiger partial charge in [-0.05, 0) is 62.6 Å². The van der Waals surface area contributed by atoms with E-state index in [1.807, 2.05) is 38.1 Å². The molecule has 2 aromatic rings. The van der Waals surface area contributed by atoms with Crippen LogP contribution < -0.4 is 15.4 Å². The van der Waals surface area contributed by atoms with Crippen LogP contribution in [-0.2, 0) is 28.8 Å². The van der Waals surface area contributed by atoms with Crippen LogP contribution in [0.3, 0.4) is 0 Å². The second-order valence-electron chi connectivity index (χ2n) is 7.68. The number of carbonyl (C=O) groups excluding carboxylic acids is 2. The Hall–Kier alpha value is -2.98. The molecule has 0 saturated heterocycles. The quantitative estimate of drug-likeness (QED) is 0.545. The Morgan fingerprint density at radius 3 is 2.84 bits per heavy atom. The normalized spacial score (nSPS) is 14.7. The predicted octanol–water partition coefficient (Wildman–Crippen LogP) is 4.55. The number of alkyl carbamates (subject to hydrolysis) is 1. The van der Waals surface area contributed by atoms with E-state index in [1.165, 1.54) is 4.88 Å². The van der Waals surface area contributed by atoms with Crippen molar-refractivity contribution in [2.45, 2.75) is 46.0 Å². The van der Waals surface area contributed by atoms with Crippen LogP contribution in [0.2, 0.25) is 0 Å². The van der Waals surface area contributed by atoms with Crippen molar-refractivity contribution in [1.29, 1.82) is 0 Å². The number of rotatable bonds is 9. The molecule has 1 aliphatic carbocycles. The summed E-state index contributed by atoms with van der Waals surface area (Å²) >= 11 is 1.54. The third-order valence-electron chi connectivity index (χ3n) is 5.43. The van der Waals surface area contributed by atoms with E-state index in [-0.39, 0.29) is 17.9 Å². The summed E-state index contributed by atoms with van der Waals surface area (Å²) in [6, 6.07) is 7.79. The number of fused-ring (bicyclic) bond motifs is 1. The highest BCUT2D eigenvalue weighted by Crippen LogP contribution is 2.39. The van der Waals surface area contributed by atoms with Gasteiger partial charge in [0.05, 0.1) is 18.8 Å². The van der Waals surface area contributed by atoms with E-state index in [1.54, 1.807) is 11.3 Å². The number of thiophene rings is 1. The van der Waals surface area contributed by atoms with E-state index in [4.69, 9.17) is 15.9 Å². The molecule has 1 heterocycles. The first-order valence-electron chi connectivity index (χ1n) is 11.1. The Morgan fingerprint density at radius 1 is 1.28 bits per heavy atom. The number of hydrogen-bond acceptors (Lipinski definition) is 5. The van der Waals surface area contributed by atoms with Crippen LogP contribution in [0.25, 0.3) is 0 Å². The summed E-state index contributed by atoms with van der Waals surface area (Å²) in [5.74, 6) is 3.78. The third-order valence-corrected chi connectivity index (χ3v) is 6.60. The van der Waals surface area contributed by atoms with Gasteiger partial charge in [0.15, 0.2) is 0 Å². The van der Waals surface area contributed by atoms with Crippen molar-refractivity contribution in [3.05, 3.63) is 45.8 Å². The number of nitrogens with one attached hydrogen (secondary N) is 2. The highest BCUT2D eigenvalue weighted by Gasteiger charge is 2.26. The van der Waals surface area contributed by atoms with Crippen molar-refractivity contribution in [3.63, 3.8) is 0 Å². The molecule has 0 spiro atoms. The molecule has 0 fully saturated rings. The van der Waals surface area contributed by atoms with Crippen molar-refractivity contribution < 1.29 is 19.1 Å². The van der Waals surface area contributed by atoms with Crippen LogP contribution in [0.5, 0.6) is 5.75 Å². The maximum atomic E-state index is 12.7. The molecular weight excluding hydrogens is 424 g/mol. The van der Waals surface area contributed by atoms with Crippen LogP contribution in [0.15, 0.2) is 24.3 Å². The molecule has 170 valence electrons. The SMILES string of the molecule is C#Cc1c(NC(=O)CCc2ccccc2OCC)sc2c1CCC(COC(=O)NCC)C2. The summed E-state index contributed by atoms with van der Waals surface area (Å²) in [7, 11) is 0. The average molecular weight is 455 g/mol. The number of aryl methyl sites for hydroxylation is 1. The molecule has 0 radical (unpaired) electrons. The maximum Gasteiger partial charge on any atom is 0.407 e. The minimum absolute atomic E-state index is 0.0671. The number of ether oxygens (including phenoxy) is 2. The summed E-state index contributed by atoms with van der Waals surface area (Å²) < 4.78 is 10.9. The standard InChI is InChI=1S/C25H30N2O4S/c1-4-19-20-13-11-17(16-31-25(29)26-5-2)15-22(20)32-24(19)27-23(28)14-12-18-9-7-8-10-21(18)30-6-3/h1,7-10,17H,5-6,11-16H2,2-3H3,(H,26,29)(H,27,28). The zero-order valence-corrected chi connectivity index (χ0v) is 19.5. The van der Waals surface area contributed by atoms with Crippen molar-refractivity contribution in [1.82, 2.24) is 5.32 Å². The number of terminal acetylenes is 1. The first-order chi connectivity index (χ1) is 15.5. The van der Waals surface area contributed by atoms with Crippen LogP contribution >= 0.6 is 11.3 Å². The van der Waals surface area contributed by atoms with Gasteiger partial charge < -0.3 is 20.1 Å². The Labute approximate surface area is 193 Å². The van der Waals surface area contributed by atoms with Gasteiger partial charge in [-0.15, -0.1) is 17.8 Å². The van der Waals surface area contributed by atoms with E-state index in [0.29, 0.717) is 32.6 Å². The molecule has 1 aromatic heterocycles. The second-order valence-corrected chi connectivity index (χ2v) is 8.78. The van der Waals surface area contributed by atoms with E-state index in [9.17, 15) is 9.59 Å². The molecule has 0 saturated carbocycles. The molecule has 1 aliphatic rings. The summed E-state index contributed by atoms with van der Waals surface area (Å²) in [6.45, 7) is 5.32. The van der Waals surface area contributed by atoms with E-state index in [0.717, 1.165) is 46.7 Å². The fourth-order valence-electron chi connectivity index (χ4n) is 3.87. The molecule has 2 N–H and O–H groups in total. The maximum absolute atomic E-state index is 12.7. The van der Waals surface area contributed by atoms with Gasteiger partial charge in [-0.1, -0.05) is 24.1 Å². The Morgan fingerprint density at radius 2 is 2.09 bits per heavy atom. The first-order valence-corrected chi connectivity index (χ1v) is 11.9. The highest BCUT2D eigenvalue weighted by atomic mass is 32.1. The van der Waals surface area contributed by atoms with Crippen molar-refractivity contribution >= 4 is 28.3 Å². The zero-order valence-electron chi connectivity index (χ0n) is 18.7. The molecule has 32 heavy (non-hydrogen) atoms. The Bertz CT molecular complexity index is 992. The Kier molecular flexibility index (Phi) is 8.57. The van der Waals surface area contributed by atoms with Gasteiger partial charge >= 0.3 is 6.09 Å². The summed E-state index contributed by atoms with van der Waals surface area (Å²) in [6.07, 6.45) is 8.88. The molecule has 1 unspecified atom stereocenters. The lowest BCUT2D eigenvalue weighted by Gasteiger charge is -2.21. The number of benzene rings is 1. The summed E-state index contributed by atoms with van der Waals surface area (Å²) in [5.41, 5.74) is 2.95. The van der Waals surface area contributed by atoms with Gasteiger partial charge in [-0.25, -0.2) is 4.79 Å². The molecule has 0 bridgehead atoms. The number of hydrogen-bond donors (Lipinski definition) is 2. The lowest BCUT2D eigenvalue weighted by Crippen LogP contribution is -2.27. The van der Waals surface area contributed by atoms with Gasteiger partial charge in [0, 0.05) is 17.8 Å². The predicted molar refractivity (Wildman–Crippen MR) is 127 cm³/mol. The molecule has 2 amide bonds. The molecular formula is C25H30N2O4S. The van der Waals surface area contributed by atoms with Crippen LogP contribution in [0.4, 0.5) is 9.80 Å². The van der Waals surface area contributed by atoms with Gasteiger partial charge in [0.2, 0.25) is 5.91 Å². The van der Waals surface area contributed by atoms with E-state index < -0.39 is 0 Å². The van der Waals surface area contributed by atoms with Crippen molar-refractivity contribution in [2.75, 3.05) is 25.1 Å². The molecule has 0 aliphatic heterocycles. The van der Waals surface area contributed by atoms with Gasteiger partial charge in [-0.3, -0.25) is 4.79 Å². The molecule has 1 aromatic carbocycles. The number of para-hydroxylation sites is 1. The van der Waals surface area contributed by atoms with Crippen LogP contribution in [0.1, 0.15) is 48.3 Å². The first kappa shape index (κ1) is 23.7. The zero-order chi connectivity index (χ0) is 22.9. The monoisotopic (exact) mass is 454 g/mol. The van der Waals surface area contributed by atoms with E-state index >= 15 is 0 Å². The van der Waals surface area contributed by atoms with Crippen LogP contribution in [-0.4, -0.2) is 31.8 Å². The molecule has 3 rings (SSSR count). The van der Waals surface area contributed by atoms with Gasteiger partial charge in [-0.2, -0.15) is 0 Å². The number of carbonyl (C=O) groups is 2. The lowest BCUT2D eigenvalue weighted by atomic mass is 9.87. The molecule has 7 heteroatoms. The lowest BCUT2D eigenvalue weighted by molar-refractivity contribution is -0.116. The topological polar surface area (TPSA) is 76.7 Å². The fourth-order valence-corrected chi connectivity index (χ4v) is 5.21. The second kappa shape index (κ2) is 11.6. The molecule has 1 atom stereocenters. The van der Waals surface area contributed by atoms with Crippen LogP contribution in [0, 0.1) is 18.3 Å². The van der Waals surface area contributed by atoms with Crippen molar-refractivity contribution in [3.8, 4) is 18.1 Å². The minimum Gasteiger partial charge on any atom is -0.494 e. The van der Waals surface area contributed by atoms with Gasteiger partial charge in [0.1, 0.15) is 10.8 Å². The summed E-state index contributed by atoms with van der Waals surface area (Å²) in [4.78, 5) is 25.4. The number of anilines is 1. The number of amides is 2. The largest absolute Gasteiger partial charge is 0.494 e. The van der Waals surface area contributed by atoms with Crippen molar-refractivity contribution in [2.24, 2.45) is 5.92 Å². The Balaban J connectivity index is 1.60. The minimum atomic E-state index is -0.382. The highest BCUT2D eigenvalue weighted by molar-refractivity contribution is 7.16. The fraction of sp³-hybridized carbons (Fsp3) is 0.440. The smallest absolute Gasteiger partial charge is 0.407 e. The van der Waals surface area contributed by atoms with Gasteiger partial charge in [0.25, 0.3) is 0 Å². The molecule has 6 nitrogen and oxygen atoms in total. The third kappa shape index (κ3) is 6.04. The summed E-state index contributed by atoms with van der Waals surface area (Å²) in [5, 5.41) is 6.41. The van der Waals surface area contributed by atoms with E-state index in [2.05, 4.69) is 16.6 Å². The average Bonchev–Trinajstić information content (AvgIpc) is 3.13.